The molecule has 0 amide bonds. The Hall–Kier alpha value is -1.38. The standard InChI is InChI=1S/C19H24OSi/c1-21(2,3)20-14-18-16-11-7-8-12-17(13-16)19(18)15-9-5-4-6-10-15/h4-12,16-17H,13-14H2,1-3H3. The van der Waals surface area contributed by atoms with Crippen LogP contribution < -0.4 is 0 Å². The van der Waals surface area contributed by atoms with Crippen molar-refractivity contribution in [2.75, 3.05) is 6.61 Å². The van der Waals surface area contributed by atoms with Gasteiger partial charge in [-0.15, -0.1) is 0 Å². The molecule has 2 aliphatic rings. The number of hydrogen-bond acceptors (Lipinski definition) is 1. The zero-order valence-electron chi connectivity index (χ0n) is 13.2. The Morgan fingerprint density at radius 1 is 1.00 bits per heavy atom. The minimum Gasteiger partial charge on any atom is -0.414 e. The van der Waals surface area contributed by atoms with Crippen LogP contribution in [0.4, 0.5) is 0 Å². The molecule has 0 spiro atoms. The molecule has 2 atom stereocenters. The number of fused-ring (bicyclic) bond motifs is 2. The number of hydrogen-bond donors (Lipinski definition) is 0. The maximum Gasteiger partial charge on any atom is 0.184 e. The molecule has 2 unspecified atom stereocenters. The summed E-state index contributed by atoms with van der Waals surface area (Å²) in [7, 11) is -1.49. The van der Waals surface area contributed by atoms with Gasteiger partial charge in [0.15, 0.2) is 8.32 Å². The average Bonchev–Trinajstić information content (AvgIpc) is 2.60. The average molecular weight is 296 g/mol. The van der Waals surface area contributed by atoms with Crippen molar-refractivity contribution in [3.8, 4) is 0 Å². The molecule has 0 saturated heterocycles. The Labute approximate surface area is 129 Å². The summed E-state index contributed by atoms with van der Waals surface area (Å²) in [6.07, 6.45) is 10.3. The van der Waals surface area contributed by atoms with Crippen molar-refractivity contribution in [3.05, 3.63) is 65.8 Å². The van der Waals surface area contributed by atoms with E-state index in [0.717, 1.165) is 6.61 Å². The molecule has 0 heterocycles. The van der Waals surface area contributed by atoms with Crippen molar-refractivity contribution in [3.63, 3.8) is 0 Å². The maximum absolute atomic E-state index is 6.24. The lowest BCUT2D eigenvalue weighted by Gasteiger charge is -2.21. The zero-order chi connectivity index (χ0) is 14.9. The van der Waals surface area contributed by atoms with Crippen LogP contribution in [0.3, 0.4) is 0 Å². The smallest absolute Gasteiger partial charge is 0.184 e. The van der Waals surface area contributed by atoms with E-state index in [0.29, 0.717) is 11.8 Å². The Kier molecular flexibility index (Phi) is 4.00. The molecule has 1 nitrogen and oxygen atoms in total. The first-order chi connectivity index (χ1) is 10.0. The monoisotopic (exact) mass is 296 g/mol. The predicted octanol–water partition coefficient (Wildman–Crippen LogP) is 5.05. The summed E-state index contributed by atoms with van der Waals surface area (Å²) in [5.41, 5.74) is 4.35. The predicted molar refractivity (Wildman–Crippen MR) is 92.5 cm³/mol. The minimum atomic E-state index is -1.49. The van der Waals surface area contributed by atoms with E-state index >= 15 is 0 Å². The molecule has 3 rings (SSSR count). The van der Waals surface area contributed by atoms with E-state index in [1.807, 2.05) is 0 Å². The highest BCUT2D eigenvalue weighted by molar-refractivity contribution is 6.69. The maximum atomic E-state index is 6.24. The lowest BCUT2D eigenvalue weighted by molar-refractivity contribution is 0.337. The Morgan fingerprint density at radius 3 is 2.33 bits per heavy atom. The molecule has 2 bridgehead atoms. The molecule has 2 aliphatic carbocycles. The van der Waals surface area contributed by atoms with E-state index in [1.54, 1.807) is 0 Å². The van der Waals surface area contributed by atoms with Crippen molar-refractivity contribution < 1.29 is 4.43 Å². The third-order valence-electron chi connectivity index (χ3n) is 4.22. The van der Waals surface area contributed by atoms with Gasteiger partial charge in [0, 0.05) is 11.8 Å². The Balaban J connectivity index is 1.99. The van der Waals surface area contributed by atoms with E-state index in [-0.39, 0.29) is 0 Å². The largest absolute Gasteiger partial charge is 0.414 e. The molecule has 0 saturated carbocycles. The van der Waals surface area contributed by atoms with Crippen molar-refractivity contribution in [2.45, 2.75) is 26.1 Å². The van der Waals surface area contributed by atoms with Gasteiger partial charge in [-0.05, 0) is 42.8 Å². The normalized spacial score (nSPS) is 24.5. The van der Waals surface area contributed by atoms with Gasteiger partial charge >= 0.3 is 0 Å². The molecule has 0 fully saturated rings. The van der Waals surface area contributed by atoms with Gasteiger partial charge in [-0.2, -0.15) is 0 Å². The highest BCUT2D eigenvalue weighted by Crippen LogP contribution is 2.45. The second-order valence-corrected chi connectivity index (χ2v) is 11.4. The molecule has 0 aliphatic heterocycles. The van der Waals surface area contributed by atoms with Crippen LogP contribution in [0, 0.1) is 11.8 Å². The molecule has 110 valence electrons. The molecule has 0 aromatic heterocycles. The second-order valence-electron chi connectivity index (χ2n) is 6.92. The zero-order valence-corrected chi connectivity index (χ0v) is 14.2. The summed E-state index contributed by atoms with van der Waals surface area (Å²) >= 11 is 0. The lowest BCUT2D eigenvalue weighted by Crippen LogP contribution is -2.27. The van der Waals surface area contributed by atoms with Crippen molar-refractivity contribution in [1.29, 1.82) is 0 Å². The molecular weight excluding hydrogens is 272 g/mol. The van der Waals surface area contributed by atoms with Crippen LogP contribution in [0.1, 0.15) is 12.0 Å². The molecule has 0 N–H and O–H groups in total. The molecule has 1 aromatic carbocycles. The van der Waals surface area contributed by atoms with Gasteiger partial charge in [0.25, 0.3) is 0 Å². The first-order valence-corrected chi connectivity index (χ1v) is 11.2. The topological polar surface area (TPSA) is 9.23 Å². The molecule has 2 heteroatoms. The van der Waals surface area contributed by atoms with Crippen LogP contribution in [0.5, 0.6) is 0 Å². The number of rotatable bonds is 4. The van der Waals surface area contributed by atoms with Crippen molar-refractivity contribution in [1.82, 2.24) is 0 Å². The summed E-state index contributed by atoms with van der Waals surface area (Å²) in [5, 5.41) is 0. The SMILES string of the molecule is C[Si](C)(C)OCC1=C(c2ccccc2)C2C=CC=CC1C2. The van der Waals surface area contributed by atoms with Gasteiger partial charge in [0.05, 0.1) is 6.61 Å². The van der Waals surface area contributed by atoms with E-state index in [1.165, 1.54) is 23.1 Å². The van der Waals surface area contributed by atoms with Gasteiger partial charge < -0.3 is 4.43 Å². The van der Waals surface area contributed by atoms with Crippen LogP contribution >= 0.6 is 0 Å². The third kappa shape index (κ3) is 3.28. The first-order valence-electron chi connectivity index (χ1n) is 7.82. The minimum absolute atomic E-state index is 0.535. The summed E-state index contributed by atoms with van der Waals surface area (Å²) in [5.74, 6) is 1.07. The Morgan fingerprint density at radius 2 is 1.67 bits per heavy atom. The van der Waals surface area contributed by atoms with Crippen LogP contribution in [0.25, 0.3) is 5.57 Å². The second kappa shape index (κ2) is 5.78. The molecule has 21 heavy (non-hydrogen) atoms. The summed E-state index contributed by atoms with van der Waals surface area (Å²) < 4.78 is 6.24. The number of allylic oxidation sites excluding steroid dienone is 5. The number of benzene rings is 1. The Bertz CT molecular complexity index is 590. The van der Waals surface area contributed by atoms with Crippen LogP contribution in [-0.4, -0.2) is 14.9 Å². The molecular formula is C19H24OSi. The van der Waals surface area contributed by atoms with Gasteiger partial charge in [-0.3, -0.25) is 0 Å². The summed E-state index contributed by atoms with van der Waals surface area (Å²) in [4.78, 5) is 0. The fourth-order valence-corrected chi connectivity index (χ4v) is 3.82. The van der Waals surface area contributed by atoms with Crippen molar-refractivity contribution >= 4 is 13.9 Å². The fourth-order valence-electron chi connectivity index (χ4n) is 3.23. The van der Waals surface area contributed by atoms with Crippen molar-refractivity contribution in [2.24, 2.45) is 11.8 Å². The first kappa shape index (κ1) is 14.5. The summed E-state index contributed by atoms with van der Waals surface area (Å²) in [6.45, 7) is 7.58. The van der Waals surface area contributed by atoms with E-state index in [4.69, 9.17) is 4.43 Å². The van der Waals surface area contributed by atoms with E-state index in [2.05, 4.69) is 74.3 Å². The molecule has 0 radical (unpaired) electrons. The van der Waals surface area contributed by atoms with Gasteiger partial charge in [0.1, 0.15) is 0 Å². The van der Waals surface area contributed by atoms with Gasteiger partial charge in [-0.25, -0.2) is 0 Å². The third-order valence-corrected chi connectivity index (χ3v) is 5.23. The van der Waals surface area contributed by atoms with E-state index < -0.39 is 8.32 Å². The fraction of sp³-hybridized carbons (Fsp3) is 0.368. The van der Waals surface area contributed by atoms with Gasteiger partial charge in [0.2, 0.25) is 0 Å². The van der Waals surface area contributed by atoms with Gasteiger partial charge in [-0.1, -0.05) is 54.6 Å². The highest BCUT2D eigenvalue weighted by atomic mass is 28.4. The summed E-state index contributed by atoms with van der Waals surface area (Å²) in [6, 6.07) is 10.8. The lowest BCUT2D eigenvalue weighted by atomic mass is 9.93. The van der Waals surface area contributed by atoms with Crippen LogP contribution in [-0.2, 0) is 4.43 Å². The van der Waals surface area contributed by atoms with Crippen LogP contribution in [0.2, 0.25) is 19.6 Å². The van der Waals surface area contributed by atoms with Crippen LogP contribution in [0.15, 0.2) is 60.2 Å². The quantitative estimate of drug-likeness (QED) is 0.706. The van der Waals surface area contributed by atoms with E-state index in [9.17, 15) is 0 Å². The molecule has 1 aromatic rings. The highest BCUT2D eigenvalue weighted by Gasteiger charge is 2.33.